The predicted molar refractivity (Wildman–Crippen MR) is 132 cm³/mol. The van der Waals surface area contributed by atoms with E-state index in [4.69, 9.17) is 21.4 Å². The van der Waals surface area contributed by atoms with E-state index in [-0.39, 0.29) is 23.8 Å². The fourth-order valence-corrected chi connectivity index (χ4v) is 4.94. The number of ether oxygens (including phenoxy) is 1. The van der Waals surface area contributed by atoms with Crippen molar-refractivity contribution in [1.82, 2.24) is 0 Å². The first kappa shape index (κ1) is 26.4. The summed E-state index contributed by atoms with van der Waals surface area (Å²) in [7, 11) is 1.53. The molecule has 0 spiro atoms. The zero-order valence-corrected chi connectivity index (χ0v) is 21.1. The first-order valence-corrected chi connectivity index (χ1v) is 11.5. The number of allylic oxidation sites excluding steroid dienone is 4. The molecule has 32 heavy (non-hydrogen) atoms. The molecule has 1 fully saturated rings. The molecule has 1 aliphatic carbocycles. The molecule has 0 amide bonds. The van der Waals surface area contributed by atoms with Crippen molar-refractivity contribution in [3.8, 4) is 11.5 Å². The number of nitrogens with zero attached hydrogens (tertiary/aromatic N) is 1. The van der Waals surface area contributed by atoms with Gasteiger partial charge in [-0.25, -0.2) is 0 Å². The van der Waals surface area contributed by atoms with Gasteiger partial charge in [-0.2, -0.15) is 0 Å². The smallest absolute Gasteiger partial charge is 0.144 e. The van der Waals surface area contributed by atoms with E-state index in [0.29, 0.717) is 39.8 Å². The monoisotopic (exact) mass is 463 g/mol. The third-order valence-electron chi connectivity index (χ3n) is 7.60. The van der Waals surface area contributed by atoms with Crippen LogP contribution in [0.4, 0.5) is 0 Å². The van der Waals surface area contributed by atoms with Crippen molar-refractivity contribution in [1.29, 1.82) is 0 Å². The normalized spacial score (nSPS) is 29.2. The molecule has 1 aromatic carbocycles. The average molecular weight is 464 g/mol. The van der Waals surface area contributed by atoms with Crippen molar-refractivity contribution in [2.24, 2.45) is 22.2 Å². The van der Waals surface area contributed by atoms with E-state index in [0.717, 1.165) is 18.4 Å². The molecule has 2 rings (SSSR count). The predicted octanol–water partition coefficient (Wildman–Crippen LogP) is 5.60. The molecule has 0 heterocycles. The highest BCUT2D eigenvalue weighted by Gasteiger charge is 2.47. The summed E-state index contributed by atoms with van der Waals surface area (Å²) in [5.74, 6) is 1.09. The third-order valence-corrected chi connectivity index (χ3v) is 8.05. The molecule has 6 heteroatoms. The molecular formula is C26H38ClNO4. The van der Waals surface area contributed by atoms with Gasteiger partial charge < -0.3 is 20.1 Å². The molecule has 4 atom stereocenters. The fourth-order valence-electron chi connectivity index (χ4n) is 4.64. The molecule has 3 N–H and O–H groups in total. The highest BCUT2D eigenvalue weighted by molar-refractivity contribution is 6.33. The second-order valence-corrected chi connectivity index (χ2v) is 9.91. The molecule has 1 aromatic rings. The molecule has 0 saturated heterocycles. The van der Waals surface area contributed by atoms with Crippen molar-refractivity contribution < 1.29 is 20.1 Å². The van der Waals surface area contributed by atoms with Crippen molar-refractivity contribution in [2.75, 3.05) is 13.8 Å². The molecule has 1 saturated carbocycles. The van der Waals surface area contributed by atoms with Gasteiger partial charge in [0.2, 0.25) is 0 Å². The van der Waals surface area contributed by atoms with Gasteiger partial charge in [0.15, 0.2) is 0 Å². The Morgan fingerprint density at radius 3 is 2.56 bits per heavy atom. The first-order valence-electron chi connectivity index (χ1n) is 11.2. The lowest BCUT2D eigenvalue weighted by Crippen LogP contribution is -2.49. The quantitative estimate of drug-likeness (QED) is 0.363. The van der Waals surface area contributed by atoms with Gasteiger partial charge in [0.25, 0.3) is 0 Å². The molecule has 1 aliphatic rings. The van der Waals surface area contributed by atoms with Crippen molar-refractivity contribution in [3.63, 3.8) is 0 Å². The van der Waals surface area contributed by atoms with Gasteiger partial charge in [0.1, 0.15) is 18.2 Å². The number of benzene rings is 1. The van der Waals surface area contributed by atoms with E-state index in [9.17, 15) is 10.2 Å². The Morgan fingerprint density at radius 1 is 1.31 bits per heavy atom. The van der Waals surface area contributed by atoms with Crippen LogP contribution in [0.25, 0.3) is 0 Å². The number of aromatic hydroxyl groups is 1. The van der Waals surface area contributed by atoms with Gasteiger partial charge in [0.05, 0.1) is 17.7 Å². The Balaban J connectivity index is 2.37. The minimum absolute atomic E-state index is 0.0477. The molecule has 178 valence electrons. The minimum Gasteiger partial charge on any atom is -0.507 e. The molecule has 0 radical (unpaired) electrons. The lowest BCUT2D eigenvalue weighted by atomic mass is 9.57. The van der Waals surface area contributed by atoms with Crippen molar-refractivity contribution in [3.05, 3.63) is 45.5 Å². The van der Waals surface area contributed by atoms with Gasteiger partial charge >= 0.3 is 0 Å². The lowest BCUT2D eigenvalue weighted by molar-refractivity contribution is -0.0915. The highest BCUT2D eigenvalue weighted by atomic mass is 35.5. The molecule has 0 aliphatic heterocycles. The Morgan fingerprint density at radius 2 is 1.97 bits per heavy atom. The minimum atomic E-state index is -0.673. The van der Waals surface area contributed by atoms with Crippen LogP contribution in [-0.4, -0.2) is 41.0 Å². The van der Waals surface area contributed by atoms with E-state index >= 15 is 0 Å². The molecule has 5 nitrogen and oxygen atoms in total. The van der Waals surface area contributed by atoms with Crippen LogP contribution in [0.2, 0.25) is 5.02 Å². The number of phenols is 1. The number of methoxy groups -OCH3 is 1. The lowest BCUT2D eigenvalue weighted by Gasteiger charge is -2.50. The number of aliphatic hydroxyl groups is 2. The number of phenolic OH excluding ortho intramolecular Hbond substituents is 1. The zero-order chi connectivity index (χ0) is 24.3. The Bertz CT molecular complexity index is 919. The SMILES string of the molecule is COc1c(Cl)c(C)c(/C=N/CO)c(O)c1C/C=C(C)/C=C/[C@@]1(C)[C@H](C)CC[C@](C)(O)[C@@H]1C. The summed E-state index contributed by atoms with van der Waals surface area (Å²) in [6, 6.07) is 0. The van der Waals surface area contributed by atoms with Crippen LogP contribution in [0.3, 0.4) is 0 Å². The molecular weight excluding hydrogens is 426 g/mol. The zero-order valence-electron chi connectivity index (χ0n) is 20.4. The summed E-state index contributed by atoms with van der Waals surface area (Å²) in [6.07, 6.45) is 10.0. The summed E-state index contributed by atoms with van der Waals surface area (Å²) in [5, 5.41) is 31.1. The molecule has 0 aromatic heterocycles. The van der Waals surface area contributed by atoms with Gasteiger partial charge in [-0.1, -0.05) is 56.2 Å². The fraction of sp³-hybridized carbons (Fsp3) is 0.577. The largest absolute Gasteiger partial charge is 0.507 e. The van der Waals surface area contributed by atoms with Gasteiger partial charge in [0, 0.05) is 17.3 Å². The van der Waals surface area contributed by atoms with Crippen LogP contribution in [0.5, 0.6) is 11.5 Å². The number of aliphatic hydroxyl groups excluding tert-OH is 1. The summed E-state index contributed by atoms with van der Waals surface area (Å²) in [4.78, 5) is 3.84. The average Bonchev–Trinajstić information content (AvgIpc) is 2.75. The highest BCUT2D eigenvalue weighted by Crippen LogP contribution is 2.50. The topological polar surface area (TPSA) is 82.3 Å². The third kappa shape index (κ3) is 5.22. The van der Waals surface area contributed by atoms with Crippen LogP contribution in [-0.2, 0) is 6.42 Å². The van der Waals surface area contributed by atoms with Crippen LogP contribution in [0.1, 0.15) is 64.2 Å². The maximum Gasteiger partial charge on any atom is 0.144 e. The maximum absolute atomic E-state index is 10.9. The summed E-state index contributed by atoms with van der Waals surface area (Å²) in [6.45, 7) is 12.0. The number of halogens is 1. The first-order chi connectivity index (χ1) is 14.9. The Kier molecular flexibility index (Phi) is 8.60. The van der Waals surface area contributed by atoms with Gasteiger partial charge in [-0.3, -0.25) is 4.99 Å². The maximum atomic E-state index is 10.9. The summed E-state index contributed by atoms with van der Waals surface area (Å²) < 4.78 is 5.49. The van der Waals surface area contributed by atoms with Gasteiger partial charge in [-0.15, -0.1) is 0 Å². The van der Waals surface area contributed by atoms with Crippen molar-refractivity contribution in [2.45, 2.75) is 66.4 Å². The standard InChI is InChI=1S/C26H38ClNO4/c1-16(10-12-25(5)17(2)11-13-26(6,31)19(25)4)8-9-20-23(30)21(14-28-15-29)18(3)22(27)24(20)32-7/h8,10,12,14,17,19,29-31H,9,11,13,15H2,1-7H3/b12-10+,16-8+,28-14+/t17-,19-,25+,26+/m1/s1. The second kappa shape index (κ2) is 10.4. The Hall–Kier alpha value is -1.82. The summed E-state index contributed by atoms with van der Waals surface area (Å²) in [5.41, 5.74) is 1.94. The van der Waals surface area contributed by atoms with Crippen LogP contribution < -0.4 is 4.74 Å². The Labute approximate surface area is 197 Å². The molecule has 0 bridgehead atoms. The van der Waals surface area contributed by atoms with Gasteiger partial charge in [-0.05, 0) is 62.8 Å². The van der Waals surface area contributed by atoms with E-state index in [2.05, 4.69) is 37.9 Å². The van der Waals surface area contributed by atoms with Crippen molar-refractivity contribution >= 4 is 17.8 Å². The number of hydrogen-bond acceptors (Lipinski definition) is 5. The van der Waals surface area contributed by atoms with Crippen LogP contribution in [0, 0.1) is 24.2 Å². The van der Waals surface area contributed by atoms with E-state index in [1.807, 2.05) is 19.9 Å². The van der Waals surface area contributed by atoms with Crippen LogP contribution >= 0.6 is 11.6 Å². The van der Waals surface area contributed by atoms with E-state index < -0.39 is 5.60 Å². The summed E-state index contributed by atoms with van der Waals surface area (Å²) >= 11 is 6.49. The number of hydrogen-bond donors (Lipinski definition) is 3. The number of rotatable bonds is 7. The molecule has 0 unspecified atom stereocenters. The van der Waals surface area contributed by atoms with Crippen LogP contribution in [0.15, 0.2) is 28.8 Å². The van der Waals surface area contributed by atoms with E-state index in [1.165, 1.54) is 13.3 Å². The van der Waals surface area contributed by atoms with E-state index in [1.54, 1.807) is 6.92 Å². The number of aliphatic imine (C=N–C) groups is 1. The second-order valence-electron chi connectivity index (χ2n) is 9.54.